The lowest BCUT2D eigenvalue weighted by molar-refractivity contribution is -0.119. The van der Waals surface area contributed by atoms with Crippen LogP contribution in [0.2, 0.25) is 0 Å². The molecule has 0 unspecified atom stereocenters. The van der Waals surface area contributed by atoms with Gasteiger partial charge in [0.2, 0.25) is 11.8 Å². The lowest BCUT2D eigenvalue weighted by atomic mass is 10.1. The summed E-state index contributed by atoms with van der Waals surface area (Å²) in [5, 5.41) is 12.9. The lowest BCUT2D eigenvalue weighted by Crippen LogP contribution is -2.17. The van der Waals surface area contributed by atoms with Crippen LogP contribution in [0.5, 0.6) is 0 Å². The minimum atomic E-state index is -0.0498. The Kier molecular flexibility index (Phi) is 7.61. The molecule has 3 aromatic heterocycles. The molecule has 0 aliphatic carbocycles. The monoisotopic (exact) mass is 459 g/mol. The van der Waals surface area contributed by atoms with Crippen molar-refractivity contribution in [3.8, 4) is 10.6 Å². The Balaban J connectivity index is 1.56. The molecule has 3 heterocycles. The highest BCUT2D eigenvalue weighted by atomic mass is 32.1. The summed E-state index contributed by atoms with van der Waals surface area (Å²) in [4.78, 5) is 30.2. The van der Waals surface area contributed by atoms with Gasteiger partial charge in [0.05, 0.1) is 22.8 Å². The maximum absolute atomic E-state index is 12.5. The summed E-state index contributed by atoms with van der Waals surface area (Å²) in [6.45, 7) is 11.3. The zero-order chi connectivity index (χ0) is 22.5. The molecule has 0 fully saturated rings. The number of aromatic nitrogens is 3. The topological polar surface area (TPSA) is 88.9 Å². The summed E-state index contributed by atoms with van der Waals surface area (Å²) >= 11 is 3.00. The van der Waals surface area contributed by atoms with Gasteiger partial charge in [0, 0.05) is 35.8 Å². The van der Waals surface area contributed by atoms with Crippen molar-refractivity contribution >= 4 is 39.6 Å². The van der Waals surface area contributed by atoms with Gasteiger partial charge in [-0.25, -0.2) is 4.98 Å². The van der Waals surface area contributed by atoms with Gasteiger partial charge in [-0.15, -0.1) is 22.7 Å². The van der Waals surface area contributed by atoms with Gasteiger partial charge in [-0.3, -0.25) is 14.3 Å². The summed E-state index contributed by atoms with van der Waals surface area (Å²) in [5.74, 6) is 0.429. The number of hydrogen-bond acceptors (Lipinski definition) is 6. The molecule has 3 aromatic rings. The number of rotatable bonds is 9. The zero-order valence-electron chi connectivity index (χ0n) is 18.6. The quantitative estimate of drug-likeness (QED) is 0.491. The van der Waals surface area contributed by atoms with E-state index in [0.717, 1.165) is 38.9 Å². The van der Waals surface area contributed by atoms with Crippen molar-refractivity contribution in [1.29, 1.82) is 0 Å². The first kappa shape index (κ1) is 23.1. The fraction of sp³-hybridized carbons (Fsp3) is 0.455. The fourth-order valence-corrected chi connectivity index (χ4v) is 5.02. The third-order valence-corrected chi connectivity index (χ3v) is 6.71. The normalized spacial score (nSPS) is 11.2. The number of hydrogen-bond donors (Lipinski definition) is 2. The van der Waals surface area contributed by atoms with E-state index in [2.05, 4.69) is 41.5 Å². The Morgan fingerprint density at radius 1 is 1.23 bits per heavy atom. The van der Waals surface area contributed by atoms with Gasteiger partial charge in [0.25, 0.3) is 0 Å². The number of nitrogens with zero attached hydrogens (tertiary/aromatic N) is 3. The molecule has 7 nitrogen and oxygen atoms in total. The summed E-state index contributed by atoms with van der Waals surface area (Å²) in [6, 6.07) is 3.97. The molecule has 2 amide bonds. The van der Waals surface area contributed by atoms with Crippen molar-refractivity contribution in [2.24, 2.45) is 5.92 Å². The van der Waals surface area contributed by atoms with E-state index in [1.165, 1.54) is 18.3 Å². The summed E-state index contributed by atoms with van der Waals surface area (Å²) in [6.07, 6.45) is 1.06. The highest BCUT2D eigenvalue weighted by molar-refractivity contribution is 7.17. The average molecular weight is 460 g/mol. The van der Waals surface area contributed by atoms with E-state index in [0.29, 0.717) is 30.4 Å². The first-order valence-corrected chi connectivity index (χ1v) is 12.0. The van der Waals surface area contributed by atoms with Crippen LogP contribution < -0.4 is 10.6 Å². The van der Waals surface area contributed by atoms with Gasteiger partial charge in [-0.05, 0) is 43.9 Å². The van der Waals surface area contributed by atoms with Crippen molar-refractivity contribution in [3.05, 3.63) is 39.3 Å². The molecule has 0 saturated heterocycles. The van der Waals surface area contributed by atoms with E-state index in [4.69, 9.17) is 0 Å². The molecule has 3 rings (SSSR count). The molecule has 31 heavy (non-hydrogen) atoms. The van der Waals surface area contributed by atoms with Crippen LogP contribution in [0, 0.1) is 19.8 Å². The number of aryl methyl sites for hydroxylation is 1. The summed E-state index contributed by atoms with van der Waals surface area (Å²) in [5.41, 5.74) is 4.13. The van der Waals surface area contributed by atoms with Gasteiger partial charge in [0.1, 0.15) is 0 Å². The van der Waals surface area contributed by atoms with Gasteiger partial charge in [-0.2, -0.15) is 5.10 Å². The van der Waals surface area contributed by atoms with Crippen LogP contribution in [0.15, 0.2) is 17.5 Å². The SMILES string of the molecule is CC(=O)NCc1ccc(-c2csc(NC(=O)CCc3c(C)nn(CC(C)C)c3C)n2)s1. The second-order valence-corrected chi connectivity index (χ2v) is 10.0. The summed E-state index contributed by atoms with van der Waals surface area (Å²) < 4.78 is 2.04. The van der Waals surface area contributed by atoms with Crippen LogP contribution in [0.1, 0.15) is 49.0 Å². The molecule has 0 aliphatic rings. The van der Waals surface area contributed by atoms with E-state index < -0.39 is 0 Å². The highest BCUT2D eigenvalue weighted by Crippen LogP contribution is 2.31. The van der Waals surface area contributed by atoms with Crippen LogP contribution in [0.25, 0.3) is 10.6 Å². The highest BCUT2D eigenvalue weighted by Gasteiger charge is 2.15. The molecular weight excluding hydrogens is 430 g/mol. The van der Waals surface area contributed by atoms with Crippen LogP contribution in [-0.4, -0.2) is 26.6 Å². The van der Waals surface area contributed by atoms with E-state index in [1.807, 2.05) is 29.1 Å². The molecule has 0 atom stereocenters. The average Bonchev–Trinajstić information content (AvgIpc) is 3.39. The van der Waals surface area contributed by atoms with Gasteiger partial charge >= 0.3 is 0 Å². The molecular formula is C22H29N5O2S2. The predicted molar refractivity (Wildman–Crippen MR) is 126 cm³/mol. The fourth-order valence-electron chi connectivity index (χ4n) is 3.31. The molecule has 0 aliphatic heterocycles. The van der Waals surface area contributed by atoms with Crippen molar-refractivity contribution in [1.82, 2.24) is 20.1 Å². The maximum Gasteiger partial charge on any atom is 0.226 e. The molecule has 0 spiro atoms. The number of thiazole rings is 1. The van der Waals surface area contributed by atoms with Crippen molar-refractivity contribution in [3.63, 3.8) is 0 Å². The zero-order valence-corrected chi connectivity index (χ0v) is 20.2. The first-order valence-electron chi connectivity index (χ1n) is 10.3. The van der Waals surface area contributed by atoms with Gasteiger partial charge < -0.3 is 10.6 Å². The number of thiophene rings is 1. The molecule has 2 N–H and O–H groups in total. The Hall–Kier alpha value is -2.52. The van der Waals surface area contributed by atoms with E-state index >= 15 is 0 Å². The Bertz CT molecular complexity index is 1060. The van der Waals surface area contributed by atoms with Crippen molar-refractivity contribution in [2.45, 2.75) is 60.5 Å². The molecule has 9 heteroatoms. The van der Waals surface area contributed by atoms with Gasteiger partial charge in [-0.1, -0.05) is 13.8 Å². The van der Waals surface area contributed by atoms with Crippen LogP contribution in [-0.2, 0) is 29.1 Å². The van der Waals surface area contributed by atoms with Crippen molar-refractivity contribution in [2.75, 3.05) is 5.32 Å². The second-order valence-electron chi connectivity index (χ2n) is 7.99. The van der Waals surface area contributed by atoms with Crippen LogP contribution in [0.4, 0.5) is 5.13 Å². The van der Waals surface area contributed by atoms with Crippen LogP contribution >= 0.6 is 22.7 Å². The third kappa shape index (κ3) is 6.24. The minimum Gasteiger partial charge on any atom is -0.351 e. The Labute approximate surface area is 190 Å². The van der Waals surface area contributed by atoms with E-state index in [-0.39, 0.29) is 11.8 Å². The van der Waals surface area contributed by atoms with E-state index in [9.17, 15) is 9.59 Å². The number of amides is 2. The molecule has 0 bridgehead atoms. The van der Waals surface area contributed by atoms with Gasteiger partial charge in [0.15, 0.2) is 5.13 Å². The maximum atomic E-state index is 12.5. The number of carbonyl (C=O) groups excluding carboxylic acids is 2. The smallest absolute Gasteiger partial charge is 0.226 e. The predicted octanol–water partition coefficient (Wildman–Crippen LogP) is 4.55. The standard InChI is InChI=1S/C22H29N5O2S2/c1-13(2)11-27-15(4)18(14(3)26-27)7-9-21(29)25-22-24-19(12-30-22)20-8-6-17(31-20)10-23-16(5)28/h6,8,12-13H,7,9-11H2,1-5H3,(H,23,28)(H,24,25,29). The second kappa shape index (κ2) is 10.2. The number of nitrogens with one attached hydrogen (secondary N) is 2. The molecule has 0 saturated carbocycles. The van der Waals surface area contributed by atoms with Crippen LogP contribution in [0.3, 0.4) is 0 Å². The largest absolute Gasteiger partial charge is 0.351 e. The molecule has 166 valence electrons. The van der Waals surface area contributed by atoms with E-state index in [1.54, 1.807) is 11.3 Å². The molecule has 0 aromatic carbocycles. The number of anilines is 1. The Morgan fingerprint density at radius 2 is 2.00 bits per heavy atom. The first-order chi connectivity index (χ1) is 14.7. The summed E-state index contributed by atoms with van der Waals surface area (Å²) in [7, 11) is 0. The minimum absolute atomic E-state index is 0.0474. The third-order valence-electron chi connectivity index (χ3n) is 4.85. The lowest BCUT2D eigenvalue weighted by Gasteiger charge is -2.08. The number of carbonyl (C=O) groups is 2. The van der Waals surface area contributed by atoms with Crippen molar-refractivity contribution < 1.29 is 9.59 Å². The Morgan fingerprint density at radius 3 is 2.71 bits per heavy atom. The molecule has 0 radical (unpaired) electrons.